The van der Waals surface area contributed by atoms with Gasteiger partial charge in [0, 0.05) is 32.9 Å². The van der Waals surface area contributed by atoms with Gasteiger partial charge in [0.25, 0.3) is 0 Å². The van der Waals surface area contributed by atoms with E-state index in [4.69, 9.17) is 0 Å². The van der Waals surface area contributed by atoms with E-state index in [0.29, 0.717) is 0 Å². The van der Waals surface area contributed by atoms with Crippen molar-refractivity contribution < 1.29 is 0 Å². The molecule has 2 aliphatic carbocycles. The molecule has 56 heavy (non-hydrogen) atoms. The van der Waals surface area contributed by atoms with Crippen LogP contribution in [-0.2, 0) is 21.7 Å². The molecule has 2 aliphatic rings. The predicted octanol–water partition coefficient (Wildman–Crippen LogP) is 14.7. The average Bonchev–Trinajstić information content (AvgIpc) is 3.73. The standard InChI is InChI=1S/C54H56N2/c1-49(2)41-29-39-37-25-23-33(27-45(37)55(35-19-15-13-16-20-35)47(39)31-43(41)51(5,6)53(49,9)10)34-24-26-38-40-30-42-44(52(7,8)54(11,12)50(42,3)4)32-48(40)56(46(38)28-34)36-21-17-14-18-22-36/h13-32H,1-12H3. The van der Waals surface area contributed by atoms with Crippen LogP contribution in [0.5, 0.6) is 0 Å². The van der Waals surface area contributed by atoms with E-state index in [1.807, 2.05) is 0 Å². The van der Waals surface area contributed by atoms with Gasteiger partial charge in [-0.15, -0.1) is 0 Å². The minimum Gasteiger partial charge on any atom is -0.309 e. The highest BCUT2D eigenvalue weighted by Gasteiger charge is 2.58. The summed E-state index contributed by atoms with van der Waals surface area (Å²) in [7, 11) is 0. The first kappa shape index (κ1) is 35.3. The van der Waals surface area contributed by atoms with Gasteiger partial charge in [0.15, 0.2) is 0 Å². The molecule has 0 spiro atoms. The molecule has 0 unspecified atom stereocenters. The van der Waals surface area contributed by atoms with Crippen molar-refractivity contribution in [3.05, 3.63) is 144 Å². The van der Waals surface area contributed by atoms with Crippen LogP contribution >= 0.6 is 0 Å². The molecular formula is C54H56N2. The summed E-state index contributed by atoms with van der Waals surface area (Å²) < 4.78 is 5.02. The maximum atomic E-state index is 2.54. The van der Waals surface area contributed by atoms with E-state index in [2.05, 4.69) is 214 Å². The fourth-order valence-corrected chi connectivity index (χ4v) is 11.2. The number of nitrogens with zero attached hydrogens (tertiary/aromatic N) is 2. The summed E-state index contributed by atoms with van der Waals surface area (Å²) in [5.74, 6) is 0. The zero-order valence-corrected chi connectivity index (χ0v) is 35.4. The normalized spacial score (nSPS) is 19.6. The van der Waals surface area contributed by atoms with E-state index in [0.717, 1.165) is 0 Å². The van der Waals surface area contributed by atoms with Crippen molar-refractivity contribution in [3.63, 3.8) is 0 Å². The molecule has 0 aliphatic heterocycles. The molecule has 0 amide bonds. The van der Waals surface area contributed by atoms with Gasteiger partial charge < -0.3 is 9.13 Å². The number of rotatable bonds is 3. The second-order valence-corrected chi connectivity index (χ2v) is 20.4. The van der Waals surface area contributed by atoms with Crippen LogP contribution in [0.4, 0.5) is 0 Å². The molecule has 2 heteroatoms. The highest BCUT2D eigenvalue weighted by atomic mass is 15.0. The fourth-order valence-electron chi connectivity index (χ4n) is 11.2. The first-order valence-electron chi connectivity index (χ1n) is 20.7. The molecule has 8 aromatic rings. The summed E-state index contributed by atoms with van der Waals surface area (Å²) in [6.45, 7) is 29.4. The molecule has 2 aromatic heterocycles. The van der Waals surface area contributed by atoms with Crippen molar-refractivity contribution in [2.24, 2.45) is 10.8 Å². The van der Waals surface area contributed by atoms with E-state index < -0.39 is 0 Å². The van der Waals surface area contributed by atoms with Gasteiger partial charge in [-0.1, -0.05) is 144 Å². The minimum atomic E-state index is 0.0254. The Balaban J connectivity index is 1.23. The molecule has 6 aromatic carbocycles. The monoisotopic (exact) mass is 732 g/mol. The van der Waals surface area contributed by atoms with Crippen LogP contribution in [0.2, 0.25) is 0 Å². The second kappa shape index (κ2) is 10.9. The third-order valence-electron chi connectivity index (χ3n) is 17.1. The molecule has 10 rings (SSSR count). The second-order valence-electron chi connectivity index (χ2n) is 20.4. The third-order valence-corrected chi connectivity index (χ3v) is 17.1. The molecule has 0 atom stereocenters. The van der Waals surface area contributed by atoms with Crippen LogP contribution < -0.4 is 0 Å². The number of para-hydroxylation sites is 2. The maximum absolute atomic E-state index is 2.54. The lowest BCUT2D eigenvalue weighted by atomic mass is 9.59. The average molecular weight is 733 g/mol. The van der Waals surface area contributed by atoms with Crippen LogP contribution in [0.1, 0.15) is 105 Å². The van der Waals surface area contributed by atoms with Crippen LogP contribution in [0.3, 0.4) is 0 Å². The first-order valence-corrected chi connectivity index (χ1v) is 20.7. The summed E-state index contributed by atoms with van der Waals surface area (Å²) in [6, 6.07) is 46.4. The Labute approximate surface area is 333 Å². The molecule has 0 saturated heterocycles. The molecule has 282 valence electrons. The van der Waals surface area contributed by atoms with E-state index in [1.165, 1.54) is 88.4 Å². The van der Waals surface area contributed by atoms with E-state index in [-0.39, 0.29) is 32.5 Å². The Morgan fingerprint density at radius 3 is 0.946 bits per heavy atom. The summed E-state index contributed by atoms with van der Waals surface area (Å²) in [6.07, 6.45) is 0. The van der Waals surface area contributed by atoms with Crippen molar-refractivity contribution in [2.45, 2.75) is 105 Å². The highest BCUT2D eigenvalue weighted by molar-refractivity contribution is 6.13. The van der Waals surface area contributed by atoms with Gasteiger partial charge in [0.1, 0.15) is 0 Å². The summed E-state index contributed by atoms with van der Waals surface area (Å²) in [4.78, 5) is 0. The van der Waals surface area contributed by atoms with Crippen LogP contribution in [0.15, 0.2) is 121 Å². The zero-order valence-electron chi connectivity index (χ0n) is 35.4. The molecular weight excluding hydrogens is 677 g/mol. The van der Waals surface area contributed by atoms with Gasteiger partial charge in [-0.05, 0) is 127 Å². The molecule has 0 fully saturated rings. The Morgan fingerprint density at radius 1 is 0.304 bits per heavy atom. The predicted molar refractivity (Wildman–Crippen MR) is 240 cm³/mol. The quantitative estimate of drug-likeness (QED) is 0.171. The first-order chi connectivity index (χ1) is 26.3. The van der Waals surface area contributed by atoms with Gasteiger partial charge in [0.2, 0.25) is 0 Å². The van der Waals surface area contributed by atoms with Crippen LogP contribution in [-0.4, -0.2) is 9.13 Å². The van der Waals surface area contributed by atoms with Gasteiger partial charge in [-0.25, -0.2) is 0 Å². The van der Waals surface area contributed by atoms with E-state index in [1.54, 1.807) is 0 Å². The smallest absolute Gasteiger partial charge is 0.0547 e. The number of fused-ring (bicyclic) bond motifs is 8. The highest BCUT2D eigenvalue weighted by Crippen LogP contribution is 2.63. The lowest BCUT2D eigenvalue weighted by Gasteiger charge is -2.44. The lowest BCUT2D eigenvalue weighted by molar-refractivity contribution is 0.125. The third kappa shape index (κ3) is 4.13. The molecule has 0 bridgehead atoms. The fraction of sp³-hybridized carbons (Fsp3) is 0.333. The van der Waals surface area contributed by atoms with Gasteiger partial charge in [-0.3, -0.25) is 0 Å². The number of benzene rings is 6. The Hall–Kier alpha value is -5.08. The minimum absolute atomic E-state index is 0.0254. The lowest BCUT2D eigenvalue weighted by Crippen LogP contribution is -2.42. The molecule has 0 saturated carbocycles. The van der Waals surface area contributed by atoms with Gasteiger partial charge in [0.05, 0.1) is 22.1 Å². The molecule has 2 nitrogen and oxygen atoms in total. The van der Waals surface area contributed by atoms with Gasteiger partial charge >= 0.3 is 0 Å². The largest absolute Gasteiger partial charge is 0.309 e. The molecule has 2 heterocycles. The maximum Gasteiger partial charge on any atom is 0.0547 e. The summed E-state index contributed by atoms with van der Waals surface area (Å²) in [5.41, 5.74) is 16.1. The number of aromatic nitrogens is 2. The van der Waals surface area contributed by atoms with E-state index in [9.17, 15) is 0 Å². The Morgan fingerprint density at radius 2 is 0.607 bits per heavy atom. The van der Waals surface area contributed by atoms with Crippen molar-refractivity contribution >= 4 is 43.6 Å². The van der Waals surface area contributed by atoms with Crippen molar-refractivity contribution in [1.29, 1.82) is 0 Å². The Kier molecular flexibility index (Phi) is 6.85. The summed E-state index contributed by atoms with van der Waals surface area (Å²) in [5, 5.41) is 5.27. The van der Waals surface area contributed by atoms with Crippen molar-refractivity contribution in [3.8, 4) is 22.5 Å². The zero-order chi connectivity index (χ0) is 39.5. The van der Waals surface area contributed by atoms with Crippen LogP contribution in [0.25, 0.3) is 66.1 Å². The molecule has 0 radical (unpaired) electrons. The molecule has 0 N–H and O–H groups in total. The van der Waals surface area contributed by atoms with Crippen molar-refractivity contribution in [2.75, 3.05) is 0 Å². The SMILES string of the molecule is CC1(C)c2cc3c4ccc(-c5ccc6c7cc8c(cc7n(-c7ccccc7)c6c5)C(C)(C)C(C)(C)C8(C)C)cc4n(-c4ccccc4)c3cc2C(C)(C)C1(C)C. The van der Waals surface area contributed by atoms with Crippen molar-refractivity contribution in [1.82, 2.24) is 9.13 Å². The van der Waals surface area contributed by atoms with E-state index >= 15 is 0 Å². The number of hydrogen-bond donors (Lipinski definition) is 0. The topological polar surface area (TPSA) is 9.86 Å². The summed E-state index contributed by atoms with van der Waals surface area (Å²) >= 11 is 0. The number of hydrogen-bond acceptors (Lipinski definition) is 0. The van der Waals surface area contributed by atoms with Gasteiger partial charge in [-0.2, -0.15) is 0 Å². The van der Waals surface area contributed by atoms with Crippen LogP contribution in [0, 0.1) is 10.8 Å². The Bertz CT molecular complexity index is 2740.